The van der Waals surface area contributed by atoms with Crippen molar-refractivity contribution in [3.05, 3.63) is 24.5 Å². The van der Waals surface area contributed by atoms with Gasteiger partial charge in [0, 0.05) is 31.2 Å². The number of hydrogen-bond acceptors (Lipinski definition) is 3. The lowest BCUT2D eigenvalue weighted by Gasteiger charge is -2.31. The van der Waals surface area contributed by atoms with Crippen molar-refractivity contribution in [3.63, 3.8) is 0 Å². The highest BCUT2D eigenvalue weighted by atomic mass is 16.2. The van der Waals surface area contributed by atoms with Crippen molar-refractivity contribution in [2.24, 2.45) is 0 Å². The van der Waals surface area contributed by atoms with Gasteiger partial charge in [-0.1, -0.05) is 0 Å². The van der Waals surface area contributed by atoms with Crippen molar-refractivity contribution >= 4 is 11.6 Å². The summed E-state index contributed by atoms with van der Waals surface area (Å²) >= 11 is 0. The topological polar surface area (TPSA) is 45.2 Å². The zero-order valence-electron chi connectivity index (χ0n) is 8.10. The Bertz CT molecular complexity index is 325. The van der Waals surface area contributed by atoms with Crippen LogP contribution in [0.3, 0.4) is 0 Å². The molecular weight excluding hydrogens is 178 g/mol. The third kappa shape index (κ3) is 1.61. The first-order valence-corrected chi connectivity index (χ1v) is 4.74. The van der Waals surface area contributed by atoms with Gasteiger partial charge in [-0.05, 0) is 19.1 Å². The minimum atomic E-state index is -0.0862. The van der Waals surface area contributed by atoms with Crippen LogP contribution in [0.15, 0.2) is 24.5 Å². The third-order valence-electron chi connectivity index (χ3n) is 2.40. The van der Waals surface area contributed by atoms with Gasteiger partial charge in [0.1, 0.15) is 0 Å². The van der Waals surface area contributed by atoms with E-state index in [2.05, 4.69) is 10.3 Å². The second kappa shape index (κ2) is 3.75. The predicted octanol–water partition coefficient (Wildman–Crippen LogP) is 0.406. The maximum atomic E-state index is 11.8. The predicted molar refractivity (Wildman–Crippen MR) is 54.1 cm³/mol. The highest BCUT2D eigenvalue weighted by Crippen LogP contribution is 2.14. The molecule has 1 fully saturated rings. The molecule has 0 aromatic carbocycles. The molecule has 1 aliphatic rings. The standard InChI is InChI=1S/C10H13N3O/c1-8-10(14)13(7-6-12-8)9-2-4-11-5-3-9/h2-5,8,12H,6-7H2,1H3. The van der Waals surface area contributed by atoms with E-state index in [0.29, 0.717) is 0 Å². The highest BCUT2D eigenvalue weighted by molar-refractivity contribution is 5.97. The summed E-state index contributed by atoms with van der Waals surface area (Å²) in [4.78, 5) is 17.5. The number of carbonyl (C=O) groups is 1. The molecule has 4 heteroatoms. The van der Waals surface area contributed by atoms with Crippen LogP contribution >= 0.6 is 0 Å². The molecule has 4 nitrogen and oxygen atoms in total. The van der Waals surface area contributed by atoms with Crippen LogP contribution in [0.1, 0.15) is 6.92 Å². The minimum absolute atomic E-state index is 0.0862. The number of anilines is 1. The Labute approximate surface area is 82.9 Å². The second-order valence-corrected chi connectivity index (χ2v) is 3.37. The average molecular weight is 191 g/mol. The molecule has 1 N–H and O–H groups in total. The van der Waals surface area contributed by atoms with E-state index in [1.165, 1.54) is 0 Å². The van der Waals surface area contributed by atoms with Crippen molar-refractivity contribution in [2.45, 2.75) is 13.0 Å². The Hall–Kier alpha value is -1.42. The molecule has 2 rings (SSSR count). The molecule has 2 heterocycles. The zero-order chi connectivity index (χ0) is 9.97. The normalized spacial score (nSPS) is 22.5. The van der Waals surface area contributed by atoms with Gasteiger partial charge in [0.05, 0.1) is 6.04 Å². The van der Waals surface area contributed by atoms with E-state index >= 15 is 0 Å². The molecule has 0 bridgehead atoms. The summed E-state index contributed by atoms with van der Waals surface area (Å²) in [5, 5.41) is 3.12. The van der Waals surface area contributed by atoms with Crippen LogP contribution in [0, 0.1) is 0 Å². The molecular formula is C10H13N3O. The highest BCUT2D eigenvalue weighted by Gasteiger charge is 2.25. The number of nitrogens with zero attached hydrogens (tertiary/aromatic N) is 2. The fourth-order valence-corrected chi connectivity index (χ4v) is 1.60. The number of carbonyl (C=O) groups excluding carboxylic acids is 1. The van der Waals surface area contributed by atoms with Crippen LogP contribution in [0.2, 0.25) is 0 Å². The fraction of sp³-hybridized carbons (Fsp3) is 0.400. The van der Waals surface area contributed by atoms with Crippen molar-refractivity contribution < 1.29 is 4.79 Å². The second-order valence-electron chi connectivity index (χ2n) is 3.37. The van der Waals surface area contributed by atoms with Crippen molar-refractivity contribution in [1.29, 1.82) is 0 Å². The fourth-order valence-electron chi connectivity index (χ4n) is 1.60. The molecule has 1 aliphatic heterocycles. The van der Waals surface area contributed by atoms with Crippen LogP contribution in [-0.2, 0) is 4.79 Å². The smallest absolute Gasteiger partial charge is 0.243 e. The largest absolute Gasteiger partial charge is 0.310 e. The summed E-state index contributed by atoms with van der Waals surface area (Å²) in [7, 11) is 0. The minimum Gasteiger partial charge on any atom is -0.310 e. The van der Waals surface area contributed by atoms with Gasteiger partial charge in [0.25, 0.3) is 0 Å². The molecule has 1 saturated heterocycles. The van der Waals surface area contributed by atoms with Crippen molar-refractivity contribution in [2.75, 3.05) is 18.0 Å². The summed E-state index contributed by atoms with van der Waals surface area (Å²) in [6, 6.07) is 3.63. The number of nitrogens with one attached hydrogen (secondary N) is 1. The molecule has 1 aromatic rings. The lowest BCUT2D eigenvalue weighted by molar-refractivity contribution is -0.121. The van der Waals surface area contributed by atoms with Gasteiger partial charge in [0.2, 0.25) is 5.91 Å². The number of amides is 1. The van der Waals surface area contributed by atoms with Gasteiger partial charge in [-0.3, -0.25) is 9.78 Å². The van der Waals surface area contributed by atoms with E-state index in [1.807, 2.05) is 19.1 Å². The molecule has 74 valence electrons. The lowest BCUT2D eigenvalue weighted by atomic mass is 10.2. The maximum absolute atomic E-state index is 11.8. The summed E-state index contributed by atoms with van der Waals surface area (Å²) in [6.45, 7) is 3.46. The molecule has 0 radical (unpaired) electrons. The zero-order valence-corrected chi connectivity index (χ0v) is 8.10. The van der Waals surface area contributed by atoms with E-state index in [9.17, 15) is 4.79 Å². The van der Waals surface area contributed by atoms with Crippen molar-refractivity contribution in [1.82, 2.24) is 10.3 Å². The van der Waals surface area contributed by atoms with E-state index < -0.39 is 0 Å². The number of rotatable bonds is 1. The quantitative estimate of drug-likeness (QED) is 0.699. The molecule has 0 saturated carbocycles. The summed E-state index contributed by atoms with van der Waals surface area (Å²) in [6.07, 6.45) is 3.41. The van der Waals surface area contributed by atoms with Crippen LogP contribution in [0.5, 0.6) is 0 Å². The van der Waals surface area contributed by atoms with Gasteiger partial charge in [0.15, 0.2) is 0 Å². The molecule has 1 unspecified atom stereocenters. The van der Waals surface area contributed by atoms with Crippen LogP contribution in [0.25, 0.3) is 0 Å². The van der Waals surface area contributed by atoms with Crippen LogP contribution < -0.4 is 10.2 Å². The van der Waals surface area contributed by atoms with Gasteiger partial charge < -0.3 is 10.2 Å². The first-order chi connectivity index (χ1) is 6.79. The monoisotopic (exact) mass is 191 g/mol. The number of aromatic nitrogens is 1. The molecule has 1 atom stereocenters. The molecule has 0 spiro atoms. The van der Waals surface area contributed by atoms with E-state index in [1.54, 1.807) is 17.3 Å². The molecule has 0 aliphatic carbocycles. The summed E-state index contributed by atoms with van der Waals surface area (Å²) in [5.74, 6) is 0.127. The summed E-state index contributed by atoms with van der Waals surface area (Å²) < 4.78 is 0. The SMILES string of the molecule is CC1NCCN(c2ccncc2)C1=O. The van der Waals surface area contributed by atoms with Crippen LogP contribution in [-0.4, -0.2) is 30.0 Å². The van der Waals surface area contributed by atoms with Crippen LogP contribution in [0.4, 0.5) is 5.69 Å². The number of pyridine rings is 1. The van der Waals surface area contributed by atoms with E-state index in [4.69, 9.17) is 0 Å². The average Bonchev–Trinajstić information content (AvgIpc) is 2.23. The Morgan fingerprint density at radius 1 is 1.50 bits per heavy atom. The molecule has 1 amide bonds. The Morgan fingerprint density at radius 2 is 2.21 bits per heavy atom. The lowest BCUT2D eigenvalue weighted by Crippen LogP contribution is -2.53. The van der Waals surface area contributed by atoms with Crippen molar-refractivity contribution in [3.8, 4) is 0 Å². The number of piperazine rings is 1. The maximum Gasteiger partial charge on any atom is 0.243 e. The summed E-state index contributed by atoms with van der Waals surface area (Å²) in [5.41, 5.74) is 0.929. The molecule has 1 aromatic heterocycles. The Balaban J connectivity index is 2.22. The Kier molecular flexibility index (Phi) is 2.45. The van der Waals surface area contributed by atoms with Gasteiger partial charge >= 0.3 is 0 Å². The molecule has 14 heavy (non-hydrogen) atoms. The number of hydrogen-bond donors (Lipinski definition) is 1. The van der Waals surface area contributed by atoms with Gasteiger partial charge in [-0.2, -0.15) is 0 Å². The van der Waals surface area contributed by atoms with E-state index in [-0.39, 0.29) is 11.9 Å². The first kappa shape index (κ1) is 9.15. The van der Waals surface area contributed by atoms with E-state index in [0.717, 1.165) is 18.8 Å². The Morgan fingerprint density at radius 3 is 2.93 bits per heavy atom. The van der Waals surface area contributed by atoms with Gasteiger partial charge in [-0.15, -0.1) is 0 Å². The third-order valence-corrected chi connectivity index (χ3v) is 2.40. The van der Waals surface area contributed by atoms with Gasteiger partial charge in [-0.25, -0.2) is 0 Å². The first-order valence-electron chi connectivity index (χ1n) is 4.74.